The van der Waals surface area contributed by atoms with Crippen LogP contribution in [0.4, 0.5) is 4.79 Å². The average Bonchev–Trinajstić information content (AvgIpc) is 3.02. The fourth-order valence-electron chi connectivity index (χ4n) is 2.61. The first-order valence-electron chi connectivity index (χ1n) is 8.89. The van der Waals surface area contributed by atoms with Gasteiger partial charge in [0, 0.05) is 25.2 Å². The molecule has 0 bridgehead atoms. The third kappa shape index (κ3) is 5.93. The maximum Gasteiger partial charge on any atom is 0.417 e. The van der Waals surface area contributed by atoms with Gasteiger partial charge in [0.15, 0.2) is 0 Å². The highest BCUT2D eigenvalue weighted by Gasteiger charge is 2.42. The molecule has 1 amide bonds. The van der Waals surface area contributed by atoms with E-state index in [1.165, 1.54) is 4.90 Å². The minimum atomic E-state index is -3.84. The van der Waals surface area contributed by atoms with Crippen molar-refractivity contribution in [3.05, 3.63) is 0 Å². The summed E-state index contributed by atoms with van der Waals surface area (Å²) in [5.41, 5.74) is -0.619. The van der Waals surface area contributed by atoms with Crippen molar-refractivity contribution in [1.82, 2.24) is 13.9 Å². The zero-order valence-corrected chi connectivity index (χ0v) is 16.7. The van der Waals surface area contributed by atoms with Gasteiger partial charge in [0.2, 0.25) is 0 Å². The predicted molar refractivity (Wildman–Crippen MR) is 95.2 cm³/mol. The van der Waals surface area contributed by atoms with Crippen molar-refractivity contribution in [1.29, 1.82) is 0 Å². The van der Waals surface area contributed by atoms with Crippen molar-refractivity contribution in [2.24, 2.45) is 0 Å². The molecular formula is C16H31N3O5S. The van der Waals surface area contributed by atoms with Crippen LogP contribution in [0.2, 0.25) is 0 Å². The van der Waals surface area contributed by atoms with Gasteiger partial charge >= 0.3 is 12.1 Å². The van der Waals surface area contributed by atoms with Gasteiger partial charge in [0.25, 0.3) is 10.2 Å². The standard InChI is InChI=1S/C16H31N3O5S/c1-6-11-18(8-3)15(21)24-14(20)13-10-9-12-19(13)25(22,23)17-16(4,5)7-2/h13,17H,6-12H2,1-5H3/t13-/m0/s1. The molecule has 0 radical (unpaired) electrons. The molecule has 0 unspecified atom stereocenters. The molecule has 1 aliphatic heterocycles. The fraction of sp³-hybridized carbons (Fsp3) is 0.875. The third-order valence-corrected chi connectivity index (χ3v) is 6.26. The van der Waals surface area contributed by atoms with Crippen LogP contribution >= 0.6 is 0 Å². The van der Waals surface area contributed by atoms with E-state index in [4.69, 9.17) is 4.74 Å². The Morgan fingerprint density at radius 1 is 1.28 bits per heavy atom. The van der Waals surface area contributed by atoms with Crippen LogP contribution in [0, 0.1) is 0 Å². The largest absolute Gasteiger partial charge is 0.417 e. The van der Waals surface area contributed by atoms with Gasteiger partial charge in [-0.3, -0.25) is 0 Å². The average molecular weight is 378 g/mol. The molecule has 0 spiro atoms. The van der Waals surface area contributed by atoms with Crippen LogP contribution in [0.5, 0.6) is 0 Å². The lowest BCUT2D eigenvalue weighted by atomic mass is 10.0. The summed E-state index contributed by atoms with van der Waals surface area (Å²) >= 11 is 0. The van der Waals surface area contributed by atoms with E-state index < -0.39 is 33.9 Å². The number of nitrogens with one attached hydrogen (secondary N) is 1. The van der Waals surface area contributed by atoms with Gasteiger partial charge in [-0.05, 0) is 46.5 Å². The molecule has 1 rings (SSSR count). The quantitative estimate of drug-likeness (QED) is 0.514. The van der Waals surface area contributed by atoms with E-state index in [9.17, 15) is 18.0 Å². The summed E-state index contributed by atoms with van der Waals surface area (Å²) in [6, 6.07) is -0.963. The van der Waals surface area contributed by atoms with E-state index >= 15 is 0 Å². The van der Waals surface area contributed by atoms with E-state index in [0.29, 0.717) is 32.4 Å². The third-order valence-electron chi connectivity index (χ3n) is 4.39. The Morgan fingerprint density at radius 3 is 2.44 bits per heavy atom. The van der Waals surface area contributed by atoms with E-state index in [-0.39, 0.29) is 6.54 Å². The van der Waals surface area contributed by atoms with Gasteiger partial charge < -0.3 is 9.64 Å². The molecule has 1 saturated heterocycles. The molecule has 9 heteroatoms. The Kier molecular flexibility index (Phi) is 7.83. The van der Waals surface area contributed by atoms with Crippen molar-refractivity contribution in [3.63, 3.8) is 0 Å². The van der Waals surface area contributed by atoms with Gasteiger partial charge in [-0.2, -0.15) is 17.4 Å². The van der Waals surface area contributed by atoms with Crippen LogP contribution in [0.1, 0.15) is 60.3 Å². The van der Waals surface area contributed by atoms with Crippen molar-refractivity contribution < 1.29 is 22.7 Å². The first kappa shape index (κ1) is 21.9. The fourth-order valence-corrected chi connectivity index (χ4v) is 4.47. The maximum atomic E-state index is 12.6. The monoisotopic (exact) mass is 377 g/mol. The Morgan fingerprint density at radius 2 is 1.92 bits per heavy atom. The molecule has 1 fully saturated rings. The van der Waals surface area contributed by atoms with Crippen molar-refractivity contribution in [2.45, 2.75) is 71.9 Å². The number of ether oxygens (including phenoxy) is 1. The SMILES string of the molecule is CCCN(CC)C(=O)OC(=O)[C@@H]1CCCN1S(=O)(=O)NC(C)(C)CC. The van der Waals surface area contributed by atoms with Crippen LogP contribution in [-0.4, -0.2) is 60.9 Å². The highest BCUT2D eigenvalue weighted by Crippen LogP contribution is 2.23. The number of esters is 1. The first-order chi connectivity index (χ1) is 11.6. The van der Waals surface area contributed by atoms with Crippen LogP contribution < -0.4 is 4.72 Å². The Balaban J connectivity index is 2.83. The van der Waals surface area contributed by atoms with E-state index in [2.05, 4.69) is 4.72 Å². The minimum Gasteiger partial charge on any atom is -0.375 e. The van der Waals surface area contributed by atoms with Gasteiger partial charge in [-0.15, -0.1) is 0 Å². The zero-order chi connectivity index (χ0) is 19.3. The topological polar surface area (TPSA) is 96.0 Å². The second kappa shape index (κ2) is 8.95. The number of amides is 1. The summed E-state index contributed by atoms with van der Waals surface area (Å²) in [5, 5.41) is 0. The molecule has 25 heavy (non-hydrogen) atoms. The molecule has 8 nitrogen and oxygen atoms in total. The highest BCUT2D eigenvalue weighted by molar-refractivity contribution is 7.87. The molecule has 0 aromatic carbocycles. The van der Waals surface area contributed by atoms with E-state index in [0.717, 1.165) is 10.7 Å². The van der Waals surface area contributed by atoms with Crippen LogP contribution in [0.15, 0.2) is 0 Å². The molecule has 146 valence electrons. The number of carbonyl (C=O) groups excluding carboxylic acids is 2. The molecule has 1 heterocycles. The van der Waals surface area contributed by atoms with Crippen molar-refractivity contribution in [3.8, 4) is 0 Å². The van der Waals surface area contributed by atoms with Crippen LogP contribution in [0.3, 0.4) is 0 Å². The molecule has 1 atom stereocenters. The van der Waals surface area contributed by atoms with Crippen LogP contribution in [-0.2, 0) is 19.7 Å². The summed E-state index contributed by atoms with van der Waals surface area (Å²) < 4.78 is 33.9. The number of nitrogens with zero attached hydrogens (tertiary/aromatic N) is 2. The maximum absolute atomic E-state index is 12.6. The molecule has 1 N–H and O–H groups in total. The van der Waals surface area contributed by atoms with Gasteiger partial charge in [0.1, 0.15) is 6.04 Å². The normalized spacial score (nSPS) is 19.0. The number of carbonyl (C=O) groups is 2. The predicted octanol–water partition coefficient (Wildman–Crippen LogP) is 1.87. The molecule has 1 aliphatic rings. The molecule has 0 aliphatic carbocycles. The molecule has 0 aromatic rings. The van der Waals surface area contributed by atoms with Crippen molar-refractivity contribution in [2.75, 3.05) is 19.6 Å². The van der Waals surface area contributed by atoms with Gasteiger partial charge in [-0.1, -0.05) is 13.8 Å². The smallest absolute Gasteiger partial charge is 0.375 e. The summed E-state index contributed by atoms with van der Waals surface area (Å²) in [4.78, 5) is 25.9. The number of rotatable bonds is 8. The number of hydrogen-bond donors (Lipinski definition) is 1. The van der Waals surface area contributed by atoms with Gasteiger partial charge in [-0.25, -0.2) is 9.59 Å². The summed E-state index contributed by atoms with van der Waals surface area (Å²) in [7, 11) is -3.84. The Bertz CT molecular complexity index is 576. The number of hydrogen-bond acceptors (Lipinski definition) is 5. The molecule has 0 aromatic heterocycles. The Hall–Kier alpha value is -1.19. The first-order valence-corrected chi connectivity index (χ1v) is 10.3. The summed E-state index contributed by atoms with van der Waals surface area (Å²) in [5.74, 6) is -0.809. The van der Waals surface area contributed by atoms with Crippen LogP contribution in [0.25, 0.3) is 0 Å². The summed E-state index contributed by atoms with van der Waals surface area (Å²) in [6.07, 6.45) is 1.53. The Labute approximate surface area is 151 Å². The van der Waals surface area contributed by atoms with E-state index in [1.807, 2.05) is 13.8 Å². The zero-order valence-electron chi connectivity index (χ0n) is 15.9. The second-order valence-corrected chi connectivity index (χ2v) is 8.50. The lowest BCUT2D eigenvalue weighted by Gasteiger charge is -2.30. The van der Waals surface area contributed by atoms with Crippen molar-refractivity contribution >= 4 is 22.3 Å². The minimum absolute atomic E-state index is 0.232. The molecular weight excluding hydrogens is 346 g/mol. The lowest BCUT2D eigenvalue weighted by Crippen LogP contribution is -2.53. The van der Waals surface area contributed by atoms with Gasteiger partial charge in [0.05, 0.1) is 0 Å². The molecule has 0 saturated carbocycles. The second-order valence-electron chi connectivity index (χ2n) is 6.88. The lowest BCUT2D eigenvalue weighted by molar-refractivity contribution is -0.142. The summed E-state index contributed by atoms with van der Waals surface area (Å²) in [6.45, 7) is 10.3. The highest BCUT2D eigenvalue weighted by atomic mass is 32.2. The van der Waals surface area contributed by atoms with E-state index in [1.54, 1.807) is 20.8 Å².